The second-order valence-electron chi connectivity index (χ2n) is 3.57. The van der Waals surface area contributed by atoms with Gasteiger partial charge in [0.25, 0.3) is 0 Å². The second kappa shape index (κ2) is 4.32. The first-order valence-corrected chi connectivity index (χ1v) is 5.49. The van der Waals surface area contributed by atoms with Crippen LogP contribution in [-0.4, -0.2) is 22.8 Å². The fourth-order valence-electron chi connectivity index (χ4n) is 1.96. The molecule has 4 heteroatoms. The summed E-state index contributed by atoms with van der Waals surface area (Å²) >= 11 is 6.03. The highest BCUT2D eigenvalue weighted by Gasteiger charge is 2.21. The Labute approximate surface area is 89.0 Å². The van der Waals surface area contributed by atoms with Crippen molar-refractivity contribution in [2.45, 2.75) is 32.2 Å². The van der Waals surface area contributed by atoms with Crippen LogP contribution in [0, 0.1) is 0 Å². The van der Waals surface area contributed by atoms with Crippen LogP contribution in [-0.2, 0) is 11.3 Å². The standard InChI is InChI=1S/C10H15ClN2O/c1-2-13-9(11)7-12-10(13)8-3-5-14-6-4-8/h7-8H,2-6H2,1H3. The van der Waals surface area contributed by atoms with Gasteiger partial charge in [0.15, 0.2) is 0 Å². The van der Waals surface area contributed by atoms with Crippen LogP contribution >= 0.6 is 11.6 Å². The fourth-order valence-corrected chi connectivity index (χ4v) is 2.22. The van der Waals surface area contributed by atoms with E-state index in [-0.39, 0.29) is 0 Å². The summed E-state index contributed by atoms with van der Waals surface area (Å²) in [4.78, 5) is 4.39. The van der Waals surface area contributed by atoms with Crippen molar-refractivity contribution in [3.63, 3.8) is 0 Å². The lowest BCUT2D eigenvalue weighted by molar-refractivity contribution is 0.0829. The molecule has 78 valence electrons. The number of imidazole rings is 1. The molecule has 1 aliphatic heterocycles. The number of hydrogen-bond acceptors (Lipinski definition) is 2. The molecular weight excluding hydrogens is 200 g/mol. The molecule has 1 aromatic heterocycles. The predicted molar refractivity (Wildman–Crippen MR) is 55.7 cm³/mol. The van der Waals surface area contributed by atoms with Gasteiger partial charge in [-0.15, -0.1) is 0 Å². The molecule has 2 heterocycles. The maximum Gasteiger partial charge on any atom is 0.128 e. The van der Waals surface area contributed by atoms with E-state index in [1.807, 2.05) is 0 Å². The number of ether oxygens (including phenoxy) is 1. The number of aromatic nitrogens is 2. The predicted octanol–water partition coefficient (Wildman–Crippen LogP) is 2.45. The Morgan fingerprint density at radius 1 is 1.57 bits per heavy atom. The molecule has 1 fully saturated rings. The molecule has 0 aromatic carbocycles. The third kappa shape index (κ3) is 1.79. The minimum atomic E-state index is 0.524. The lowest BCUT2D eigenvalue weighted by atomic mass is 9.99. The molecule has 14 heavy (non-hydrogen) atoms. The minimum Gasteiger partial charge on any atom is -0.381 e. The zero-order valence-electron chi connectivity index (χ0n) is 8.37. The Kier molecular flexibility index (Phi) is 3.08. The maximum atomic E-state index is 6.03. The minimum absolute atomic E-state index is 0.524. The van der Waals surface area contributed by atoms with Gasteiger partial charge >= 0.3 is 0 Å². The summed E-state index contributed by atoms with van der Waals surface area (Å²) in [6.45, 7) is 4.68. The van der Waals surface area contributed by atoms with E-state index in [0.29, 0.717) is 5.92 Å². The quantitative estimate of drug-likeness (QED) is 0.756. The normalized spacial score (nSPS) is 18.7. The van der Waals surface area contributed by atoms with Gasteiger partial charge in [-0.05, 0) is 19.8 Å². The van der Waals surface area contributed by atoms with Crippen molar-refractivity contribution in [3.05, 3.63) is 17.2 Å². The number of rotatable bonds is 2. The molecule has 0 bridgehead atoms. The molecule has 0 aliphatic carbocycles. The van der Waals surface area contributed by atoms with Gasteiger partial charge in [-0.1, -0.05) is 11.6 Å². The molecule has 0 N–H and O–H groups in total. The first-order chi connectivity index (χ1) is 6.83. The average molecular weight is 215 g/mol. The van der Waals surface area contributed by atoms with Crippen molar-refractivity contribution >= 4 is 11.6 Å². The third-order valence-electron chi connectivity index (χ3n) is 2.74. The van der Waals surface area contributed by atoms with Crippen LogP contribution in [0.3, 0.4) is 0 Å². The molecule has 0 spiro atoms. The van der Waals surface area contributed by atoms with Crippen LogP contribution in [0.25, 0.3) is 0 Å². The maximum absolute atomic E-state index is 6.03. The summed E-state index contributed by atoms with van der Waals surface area (Å²) in [7, 11) is 0. The monoisotopic (exact) mass is 214 g/mol. The van der Waals surface area contributed by atoms with Gasteiger partial charge < -0.3 is 9.30 Å². The van der Waals surface area contributed by atoms with Crippen LogP contribution in [0.4, 0.5) is 0 Å². The highest BCUT2D eigenvalue weighted by Crippen LogP contribution is 2.27. The van der Waals surface area contributed by atoms with E-state index < -0.39 is 0 Å². The van der Waals surface area contributed by atoms with Gasteiger partial charge in [0, 0.05) is 25.7 Å². The van der Waals surface area contributed by atoms with E-state index in [2.05, 4.69) is 16.5 Å². The topological polar surface area (TPSA) is 27.1 Å². The summed E-state index contributed by atoms with van der Waals surface area (Å²) in [5.74, 6) is 1.65. The van der Waals surface area contributed by atoms with E-state index >= 15 is 0 Å². The zero-order chi connectivity index (χ0) is 9.97. The molecule has 0 atom stereocenters. The number of hydrogen-bond donors (Lipinski definition) is 0. The summed E-state index contributed by atoms with van der Waals surface area (Å²) < 4.78 is 7.41. The highest BCUT2D eigenvalue weighted by atomic mass is 35.5. The van der Waals surface area contributed by atoms with E-state index in [1.165, 1.54) is 0 Å². The Morgan fingerprint density at radius 2 is 2.29 bits per heavy atom. The molecule has 1 aromatic rings. The molecule has 0 radical (unpaired) electrons. The van der Waals surface area contributed by atoms with Gasteiger partial charge in [-0.25, -0.2) is 4.98 Å². The van der Waals surface area contributed by atoms with Gasteiger partial charge in [0.05, 0.1) is 6.20 Å². The number of halogens is 1. The van der Waals surface area contributed by atoms with Crippen LogP contribution in [0.2, 0.25) is 5.15 Å². The Hall–Kier alpha value is -0.540. The fraction of sp³-hybridized carbons (Fsp3) is 0.700. The SMILES string of the molecule is CCn1c(Cl)cnc1C1CCOCC1. The molecule has 0 unspecified atom stereocenters. The van der Waals surface area contributed by atoms with E-state index in [1.54, 1.807) is 6.20 Å². The van der Waals surface area contributed by atoms with Gasteiger partial charge in [-0.2, -0.15) is 0 Å². The summed E-state index contributed by atoms with van der Waals surface area (Å²) in [6.07, 6.45) is 3.87. The lowest BCUT2D eigenvalue weighted by Crippen LogP contribution is -2.17. The first kappa shape index (κ1) is 9.99. The van der Waals surface area contributed by atoms with Crippen molar-refractivity contribution < 1.29 is 4.74 Å². The highest BCUT2D eigenvalue weighted by molar-refractivity contribution is 6.29. The number of nitrogens with zero attached hydrogens (tertiary/aromatic N) is 2. The molecule has 1 saturated heterocycles. The van der Waals surface area contributed by atoms with E-state index in [0.717, 1.165) is 43.6 Å². The van der Waals surface area contributed by atoms with Crippen molar-refractivity contribution in [1.29, 1.82) is 0 Å². The van der Waals surface area contributed by atoms with Crippen molar-refractivity contribution in [2.75, 3.05) is 13.2 Å². The zero-order valence-corrected chi connectivity index (χ0v) is 9.13. The van der Waals surface area contributed by atoms with E-state index in [9.17, 15) is 0 Å². The summed E-state index contributed by atoms with van der Waals surface area (Å²) in [5.41, 5.74) is 0. The smallest absolute Gasteiger partial charge is 0.128 e. The van der Waals surface area contributed by atoms with Crippen molar-refractivity contribution in [1.82, 2.24) is 9.55 Å². The molecule has 2 rings (SSSR count). The van der Waals surface area contributed by atoms with Gasteiger partial charge in [0.2, 0.25) is 0 Å². The summed E-state index contributed by atoms with van der Waals surface area (Å²) in [5, 5.41) is 0.744. The van der Waals surface area contributed by atoms with Crippen LogP contribution in [0.15, 0.2) is 6.20 Å². The largest absolute Gasteiger partial charge is 0.381 e. The summed E-state index contributed by atoms with van der Waals surface area (Å²) in [6, 6.07) is 0. The Morgan fingerprint density at radius 3 is 2.93 bits per heavy atom. The van der Waals surface area contributed by atoms with Crippen LogP contribution in [0.1, 0.15) is 31.5 Å². The third-order valence-corrected chi connectivity index (χ3v) is 3.04. The van der Waals surface area contributed by atoms with Gasteiger partial charge in [-0.3, -0.25) is 0 Å². The first-order valence-electron chi connectivity index (χ1n) is 5.11. The second-order valence-corrected chi connectivity index (χ2v) is 3.96. The van der Waals surface area contributed by atoms with Crippen LogP contribution in [0.5, 0.6) is 0 Å². The molecular formula is C10H15ClN2O. The van der Waals surface area contributed by atoms with Crippen molar-refractivity contribution in [2.24, 2.45) is 0 Å². The lowest BCUT2D eigenvalue weighted by Gasteiger charge is -2.22. The van der Waals surface area contributed by atoms with E-state index in [4.69, 9.17) is 16.3 Å². The Bertz CT molecular complexity index is 305. The Balaban J connectivity index is 2.21. The van der Waals surface area contributed by atoms with Crippen LogP contribution < -0.4 is 0 Å². The molecule has 0 amide bonds. The van der Waals surface area contributed by atoms with Gasteiger partial charge in [0.1, 0.15) is 11.0 Å². The average Bonchev–Trinajstić information content (AvgIpc) is 2.61. The molecule has 1 aliphatic rings. The molecule has 3 nitrogen and oxygen atoms in total. The van der Waals surface area contributed by atoms with Crippen molar-refractivity contribution in [3.8, 4) is 0 Å². The molecule has 0 saturated carbocycles.